The average Bonchev–Trinajstić information content (AvgIpc) is 2.58. The Balaban J connectivity index is 2.14. The molecular weight excluding hydrogens is 292 g/mol. The lowest BCUT2D eigenvalue weighted by molar-refractivity contribution is 0.649. The molecule has 0 aliphatic heterocycles. The molecule has 0 N–H and O–H groups in total. The third-order valence-electron chi connectivity index (χ3n) is 4.26. The van der Waals surface area contributed by atoms with E-state index in [1.54, 1.807) is 5.19 Å². The Labute approximate surface area is 141 Å². The molecule has 0 saturated heterocycles. The second-order valence-corrected chi connectivity index (χ2v) is 9.37. The summed E-state index contributed by atoms with van der Waals surface area (Å²) in [5, 5.41) is 4.56. The van der Waals surface area contributed by atoms with E-state index in [1.165, 1.54) is 15.9 Å². The largest absolute Gasteiger partial charge is 0.133 e. The molecule has 0 heterocycles. The Hall–Kier alpha value is -2.12. The maximum absolute atomic E-state index is 2.36. The Morgan fingerprint density at radius 2 is 1.13 bits per heavy atom. The summed E-state index contributed by atoms with van der Waals surface area (Å²) in [5.41, 5.74) is 1.52. The summed E-state index contributed by atoms with van der Waals surface area (Å²) in [7, 11) is -1.41. The molecule has 3 aromatic rings. The molecule has 23 heavy (non-hydrogen) atoms. The minimum absolute atomic E-state index is 0.678. The van der Waals surface area contributed by atoms with Crippen molar-refractivity contribution in [3.8, 4) is 0 Å². The molecular formula is C22H24Si. The van der Waals surface area contributed by atoms with Crippen molar-refractivity contribution in [2.75, 3.05) is 0 Å². The highest BCUT2D eigenvalue weighted by Crippen LogP contribution is 2.07. The zero-order chi connectivity index (χ0) is 16.1. The van der Waals surface area contributed by atoms with Gasteiger partial charge in [0.2, 0.25) is 0 Å². The van der Waals surface area contributed by atoms with Gasteiger partial charge in [-0.05, 0) is 23.1 Å². The first-order chi connectivity index (χ1) is 11.3. The smallest absolute Gasteiger partial charge is 0.0625 e. The van der Waals surface area contributed by atoms with Crippen LogP contribution < -0.4 is 15.6 Å². The van der Waals surface area contributed by atoms with Gasteiger partial charge in [0, 0.05) is 0 Å². The van der Waals surface area contributed by atoms with Gasteiger partial charge >= 0.3 is 0 Å². The lowest BCUT2D eigenvalue weighted by atomic mass is 10.0. The van der Waals surface area contributed by atoms with Gasteiger partial charge in [0.25, 0.3) is 0 Å². The second-order valence-electron chi connectivity index (χ2n) is 6.55. The molecule has 0 nitrogen and oxygen atoms in total. The van der Waals surface area contributed by atoms with Crippen LogP contribution in [0.5, 0.6) is 0 Å². The molecule has 0 amide bonds. The molecule has 1 heteroatoms. The SMILES string of the molecule is CC(C)Cc1ccccc1[SiH](c1ccccc1)c1ccccc1. The third-order valence-corrected chi connectivity index (χ3v) is 7.55. The fraction of sp³-hybridized carbons (Fsp3) is 0.182. The third kappa shape index (κ3) is 3.80. The van der Waals surface area contributed by atoms with Crippen LogP contribution in [-0.2, 0) is 6.42 Å². The van der Waals surface area contributed by atoms with Crippen LogP contribution in [0.4, 0.5) is 0 Å². The standard InChI is InChI=1S/C22H24Si/c1-18(2)17-19-11-9-10-16-22(19)23(20-12-5-3-6-13-20)21-14-7-4-8-15-21/h3-16,18,23H,17H2,1-2H3. The van der Waals surface area contributed by atoms with Crippen molar-refractivity contribution in [1.82, 2.24) is 0 Å². The molecule has 3 aromatic carbocycles. The van der Waals surface area contributed by atoms with Crippen molar-refractivity contribution in [2.24, 2.45) is 5.92 Å². The van der Waals surface area contributed by atoms with Crippen LogP contribution >= 0.6 is 0 Å². The van der Waals surface area contributed by atoms with Gasteiger partial charge in [0.05, 0.1) is 0 Å². The predicted octanol–water partition coefficient (Wildman–Crippen LogP) is 3.13. The average molecular weight is 317 g/mol. The van der Waals surface area contributed by atoms with E-state index in [-0.39, 0.29) is 0 Å². The number of hydrogen-bond acceptors (Lipinski definition) is 0. The minimum Gasteiger partial charge on any atom is -0.0625 e. The highest BCUT2D eigenvalue weighted by atomic mass is 28.3. The number of hydrogen-bond donors (Lipinski definition) is 0. The van der Waals surface area contributed by atoms with Crippen LogP contribution in [0.2, 0.25) is 0 Å². The Bertz CT molecular complexity index is 693. The Kier molecular flexibility index (Phi) is 5.09. The van der Waals surface area contributed by atoms with Crippen molar-refractivity contribution in [3.63, 3.8) is 0 Å². The molecule has 3 rings (SSSR count). The molecule has 0 unspecified atom stereocenters. The zero-order valence-electron chi connectivity index (χ0n) is 13.9. The quantitative estimate of drug-likeness (QED) is 0.501. The van der Waals surface area contributed by atoms with E-state index in [1.807, 2.05) is 0 Å². The van der Waals surface area contributed by atoms with Gasteiger partial charge in [-0.15, -0.1) is 0 Å². The molecule has 0 aliphatic rings. The molecule has 0 aliphatic carbocycles. The zero-order valence-corrected chi connectivity index (χ0v) is 15.1. The minimum atomic E-state index is -1.41. The van der Waals surface area contributed by atoms with E-state index >= 15 is 0 Å². The first kappa shape index (κ1) is 15.8. The van der Waals surface area contributed by atoms with Crippen molar-refractivity contribution >= 4 is 24.4 Å². The molecule has 0 fully saturated rings. The summed E-state index contributed by atoms with van der Waals surface area (Å²) in [6.45, 7) is 4.61. The lowest BCUT2D eigenvalue weighted by Gasteiger charge is -2.21. The molecule has 0 radical (unpaired) electrons. The van der Waals surface area contributed by atoms with Gasteiger partial charge < -0.3 is 0 Å². The van der Waals surface area contributed by atoms with Crippen LogP contribution in [0.3, 0.4) is 0 Å². The topological polar surface area (TPSA) is 0 Å². The monoisotopic (exact) mass is 316 g/mol. The molecule has 0 spiro atoms. The van der Waals surface area contributed by atoms with Crippen molar-refractivity contribution in [2.45, 2.75) is 20.3 Å². The summed E-state index contributed by atoms with van der Waals surface area (Å²) < 4.78 is 0. The van der Waals surface area contributed by atoms with Gasteiger partial charge in [-0.2, -0.15) is 0 Å². The molecule has 0 saturated carbocycles. The Morgan fingerprint density at radius 3 is 1.65 bits per heavy atom. The summed E-state index contributed by atoms with van der Waals surface area (Å²) in [6, 6.07) is 31.2. The van der Waals surface area contributed by atoms with E-state index in [0.29, 0.717) is 5.92 Å². The first-order valence-corrected chi connectivity index (χ1v) is 10.2. The maximum atomic E-state index is 2.36. The maximum Gasteiger partial charge on any atom is 0.133 e. The highest BCUT2D eigenvalue weighted by Gasteiger charge is 2.21. The number of rotatable bonds is 5. The van der Waals surface area contributed by atoms with E-state index in [0.717, 1.165) is 6.42 Å². The van der Waals surface area contributed by atoms with Gasteiger partial charge in [-0.25, -0.2) is 0 Å². The van der Waals surface area contributed by atoms with Crippen LogP contribution in [0.1, 0.15) is 19.4 Å². The van der Waals surface area contributed by atoms with Crippen molar-refractivity contribution in [3.05, 3.63) is 90.5 Å². The van der Waals surface area contributed by atoms with Gasteiger partial charge in [-0.1, -0.05) is 109 Å². The van der Waals surface area contributed by atoms with Crippen LogP contribution in [-0.4, -0.2) is 8.80 Å². The first-order valence-electron chi connectivity index (χ1n) is 8.43. The van der Waals surface area contributed by atoms with Gasteiger partial charge in [-0.3, -0.25) is 0 Å². The van der Waals surface area contributed by atoms with Crippen LogP contribution in [0.25, 0.3) is 0 Å². The normalized spacial score (nSPS) is 11.1. The van der Waals surface area contributed by atoms with E-state index in [9.17, 15) is 0 Å². The molecule has 116 valence electrons. The predicted molar refractivity (Wildman–Crippen MR) is 104 cm³/mol. The summed E-state index contributed by atoms with van der Waals surface area (Å²) >= 11 is 0. The van der Waals surface area contributed by atoms with E-state index in [4.69, 9.17) is 0 Å². The van der Waals surface area contributed by atoms with Crippen LogP contribution in [0, 0.1) is 5.92 Å². The summed E-state index contributed by atoms with van der Waals surface area (Å²) in [4.78, 5) is 0. The molecule has 0 bridgehead atoms. The lowest BCUT2D eigenvalue weighted by Crippen LogP contribution is -2.53. The number of benzene rings is 3. The molecule has 0 aromatic heterocycles. The summed E-state index contributed by atoms with van der Waals surface area (Å²) in [6.07, 6.45) is 1.15. The fourth-order valence-electron chi connectivity index (χ4n) is 3.28. The summed E-state index contributed by atoms with van der Waals surface area (Å²) in [5.74, 6) is 0.678. The van der Waals surface area contributed by atoms with Gasteiger partial charge in [0.15, 0.2) is 0 Å². The van der Waals surface area contributed by atoms with Crippen molar-refractivity contribution in [1.29, 1.82) is 0 Å². The fourth-order valence-corrected chi connectivity index (χ4v) is 6.49. The van der Waals surface area contributed by atoms with Crippen molar-refractivity contribution < 1.29 is 0 Å². The van der Waals surface area contributed by atoms with Gasteiger partial charge in [0.1, 0.15) is 8.80 Å². The molecule has 0 atom stereocenters. The van der Waals surface area contributed by atoms with Crippen LogP contribution in [0.15, 0.2) is 84.9 Å². The van der Waals surface area contributed by atoms with E-state index < -0.39 is 8.80 Å². The van der Waals surface area contributed by atoms with E-state index in [2.05, 4.69) is 98.8 Å². The Morgan fingerprint density at radius 1 is 0.652 bits per heavy atom. The highest BCUT2D eigenvalue weighted by molar-refractivity contribution is 6.95. The second kappa shape index (κ2) is 7.43.